The standard InChI is InChI=1S/C25H18F5N4O4P/c26-24(27,25(28,29)30)21-11-20(16-4-2-15(3-5-16)13-38-39-36-8-1-9-37-39)19-7-6-18-10-17(23-33-31-14-35-23)12-34(18)22(19)32-21/h2-7,10-12,14H,1,8-9,13H2. The van der Waals surface area contributed by atoms with Crippen LogP contribution in [0.15, 0.2) is 65.5 Å². The van der Waals surface area contributed by atoms with Crippen molar-refractivity contribution in [3.05, 3.63) is 72.4 Å². The first kappa shape index (κ1) is 25.8. The highest BCUT2D eigenvalue weighted by Gasteiger charge is 2.60. The van der Waals surface area contributed by atoms with Crippen LogP contribution in [0.2, 0.25) is 0 Å². The average molecular weight is 564 g/mol. The van der Waals surface area contributed by atoms with Gasteiger partial charge in [-0.2, -0.15) is 22.0 Å². The van der Waals surface area contributed by atoms with E-state index in [0.717, 1.165) is 24.4 Å². The molecule has 0 bridgehead atoms. The van der Waals surface area contributed by atoms with Crippen molar-refractivity contribution < 1.29 is 39.9 Å². The van der Waals surface area contributed by atoms with Gasteiger partial charge in [0.25, 0.3) is 0 Å². The van der Waals surface area contributed by atoms with Gasteiger partial charge in [-0.25, -0.2) is 4.98 Å². The minimum atomic E-state index is -5.84. The molecular weight excluding hydrogens is 546 g/mol. The number of alkyl halides is 5. The Hall–Kier alpha value is -3.51. The fourth-order valence-electron chi connectivity index (χ4n) is 4.17. The van der Waals surface area contributed by atoms with E-state index in [0.29, 0.717) is 35.2 Å². The zero-order valence-electron chi connectivity index (χ0n) is 19.9. The Labute approximate surface area is 218 Å². The molecule has 0 N–H and O–H groups in total. The maximum atomic E-state index is 14.6. The van der Waals surface area contributed by atoms with Crippen molar-refractivity contribution in [2.75, 3.05) is 13.2 Å². The van der Waals surface area contributed by atoms with E-state index in [1.54, 1.807) is 42.5 Å². The quantitative estimate of drug-likeness (QED) is 0.162. The molecule has 1 saturated heterocycles. The highest BCUT2D eigenvalue weighted by molar-refractivity contribution is 7.41. The number of hydrogen-bond acceptors (Lipinski definition) is 7. The van der Waals surface area contributed by atoms with Crippen molar-refractivity contribution in [3.8, 4) is 22.6 Å². The molecule has 8 nitrogen and oxygen atoms in total. The molecule has 39 heavy (non-hydrogen) atoms. The Morgan fingerprint density at radius 3 is 2.41 bits per heavy atom. The molecule has 5 aromatic rings. The molecule has 1 aliphatic heterocycles. The number of hydrogen-bond donors (Lipinski definition) is 0. The molecule has 202 valence electrons. The molecule has 6 rings (SSSR count). The van der Waals surface area contributed by atoms with Gasteiger partial charge in [-0.15, -0.1) is 10.2 Å². The maximum Gasteiger partial charge on any atom is 0.459 e. The molecule has 1 fully saturated rings. The van der Waals surface area contributed by atoms with Crippen molar-refractivity contribution in [1.82, 2.24) is 19.6 Å². The Morgan fingerprint density at radius 2 is 1.72 bits per heavy atom. The Bertz CT molecular complexity index is 1620. The van der Waals surface area contributed by atoms with E-state index < -0.39 is 26.4 Å². The summed E-state index contributed by atoms with van der Waals surface area (Å²) >= 11 is 0. The lowest BCUT2D eigenvalue weighted by molar-refractivity contribution is -0.290. The maximum absolute atomic E-state index is 14.6. The van der Waals surface area contributed by atoms with Crippen molar-refractivity contribution in [2.45, 2.75) is 25.1 Å². The minimum Gasteiger partial charge on any atom is -0.423 e. The summed E-state index contributed by atoms with van der Waals surface area (Å²) in [5.74, 6) is -5.02. The van der Waals surface area contributed by atoms with E-state index in [1.165, 1.54) is 10.6 Å². The molecule has 0 aliphatic carbocycles. The van der Waals surface area contributed by atoms with Gasteiger partial charge in [-0.1, -0.05) is 24.3 Å². The van der Waals surface area contributed by atoms with Crippen LogP contribution in [0.5, 0.6) is 0 Å². The molecule has 0 atom stereocenters. The summed E-state index contributed by atoms with van der Waals surface area (Å²) in [6, 6.07) is 12.4. The summed E-state index contributed by atoms with van der Waals surface area (Å²) in [6.07, 6.45) is -2.43. The molecule has 0 spiro atoms. The summed E-state index contributed by atoms with van der Waals surface area (Å²) in [5, 5.41) is 7.81. The molecule has 1 aromatic carbocycles. The zero-order valence-corrected chi connectivity index (χ0v) is 20.8. The number of fused-ring (bicyclic) bond motifs is 3. The van der Waals surface area contributed by atoms with Crippen LogP contribution in [-0.2, 0) is 26.1 Å². The average Bonchev–Trinajstić information content (AvgIpc) is 3.62. The van der Waals surface area contributed by atoms with E-state index in [4.69, 9.17) is 18.0 Å². The van der Waals surface area contributed by atoms with Gasteiger partial charge in [0.15, 0.2) is 0 Å². The van der Waals surface area contributed by atoms with Crippen molar-refractivity contribution in [3.63, 3.8) is 0 Å². The summed E-state index contributed by atoms with van der Waals surface area (Å²) in [6.45, 7) is 1.29. The molecule has 1 aliphatic rings. The van der Waals surface area contributed by atoms with Crippen LogP contribution < -0.4 is 0 Å². The van der Waals surface area contributed by atoms with Gasteiger partial charge in [-0.05, 0) is 47.4 Å². The topological polar surface area (TPSA) is 83.9 Å². The normalized spacial score (nSPS) is 15.4. The first-order chi connectivity index (χ1) is 18.7. The summed E-state index contributed by atoms with van der Waals surface area (Å²) in [7, 11) is -1.44. The SMILES string of the molecule is FC(F)(F)C(F)(F)c1cc(-c2ccc(COP3OCCCO3)cc2)c2ccc3cc(-c4nnco4)cn3c2n1. The van der Waals surface area contributed by atoms with Crippen LogP contribution in [0.3, 0.4) is 0 Å². The third kappa shape index (κ3) is 4.87. The molecule has 0 amide bonds. The minimum absolute atomic E-state index is 0.0866. The van der Waals surface area contributed by atoms with E-state index in [-0.39, 0.29) is 23.7 Å². The first-order valence-corrected chi connectivity index (χ1v) is 12.8. The zero-order chi connectivity index (χ0) is 27.2. The van der Waals surface area contributed by atoms with Crippen LogP contribution in [-0.4, -0.2) is 39.0 Å². The second kappa shape index (κ2) is 9.91. The number of rotatable bonds is 6. The van der Waals surface area contributed by atoms with E-state index in [9.17, 15) is 22.0 Å². The Morgan fingerprint density at radius 1 is 0.949 bits per heavy atom. The highest BCUT2D eigenvalue weighted by Crippen LogP contribution is 2.46. The van der Waals surface area contributed by atoms with Gasteiger partial charge >= 0.3 is 20.7 Å². The molecule has 0 radical (unpaired) electrons. The molecule has 0 saturated carbocycles. The second-order valence-corrected chi connectivity index (χ2v) is 9.90. The second-order valence-electron chi connectivity index (χ2n) is 8.68. The lowest BCUT2D eigenvalue weighted by atomic mass is 9.99. The van der Waals surface area contributed by atoms with Crippen LogP contribution >= 0.6 is 8.60 Å². The number of halogens is 5. The van der Waals surface area contributed by atoms with Crippen LogP contribution in [0, 0.1) is 0 Å². The van der Waals surface area contributed by atoms with Crippen LogP contribution in [0.25, 0.3) is 39.1 Å². The van der Waals surface area contributed by atoms with Crippen molar-refractivity contribution in [1.29, 1.82) is 0 Å². The van der Waals surface area contributed by atoms with Gasteiger partial charge in [0.2, 0.25) is 12.3 Å². The lowest BCUT2D eigenvalue weighted by Crippen LogP contribution is -2.34. The fraction of sp³-hybridized carbons (Fsp3) is 0.240. The summed E-state index contributed by atoms with van der Waals surface area (Å²) < 4.78 is 92.4. The largest absolute Gasteiger partial charge is 0.459 e. The monoisotopic (exact) mass is 564 g/mol. The predicted octanol–water partition coefficient (Wildman–Crippen LogP) is 7.04. The van der Waals surface area contributed by atoms with E-state index in [2.05, 4.69) is 15.2 Å². The number of nitrogens with zero attached hydrogens (tertiary/aromatic N) is 4. The number of pyridine rings is 2. The molecule has 14 heteroatoms. The number of aromatic nitrogens is 4. The smallest absolute Gasteiger partial charge is 0.423 e. The Kier molecular flexibility index (Phi) is 6.54. The fourth-order valence-corrected chi connectivity index (χ4v) is 5.20. The third-order valence-corrected chi connectivity index (χ3v) is 7.23. The van der Waals surface area contributed by atoms with Gasteiger partial charge in [0.1, 0.15) is 11.3 Å². The molecular formula is C25H18F5N4O4P. The predicted molar refractivity (Wildman–Crippen MR) is 130 cm³/mol. The van der Waals surface area contributed by atoms with Gasteiger partial charge < -0.3 is 22.4 Å². The van der Waals surface area contributed by atoms with Crippen LogP contribution in [0.4, 0.5) is 22.0 Å². The van der Waals surface area contributed by atoms with E-state index >= 15 is 0 Å². The van der Waals surface area contributed by atoms with Crippen molar-refractivity contribution >= 4 is 25.2 Å². The Balaban J connectivity index is 1.44. The van der Waals surface area contributed by atoms with Gasteiger partial charge in [0.05, 0.1) is 25.4 Å². The molecule has 4 aromatic heterocycles. The summed E-state index contributed by atoms with van der Waals surface area (Å²) in [5.41, 5.74) is 0.762. The van der Waals surface area contributed by atoms with Crippen molar-refractivity contribution in [2.24, 2.45) is 0 Å². The van der Waals surface area contributed by atoms with Crippen LogP contribution in [0.1, 0.15) is 17.7 Å². The van der Waals surface area contributed by atoms with Gasteiger partial charge in [0, 0.05) is 17.1 Å². The molecule has 5 heterocycles. The first-order valence-electron chi connectivity index (χ1n) is 11.7. The van der Waals surface area contributed by atoms with E-state index in [1.807, 2.05) is 0 Å². The molecule has 0 unspecified atom stereocenters. The summed E-state index contributed by atoms with van der Waals surface area (Å²) in [4.78, 5) is 3.80. The third-order valence-electron chi connectivity index (χ3n) is 6.11. The van der Waals surface area contributed by atoms with Gasteiger partial charge in [-0.3, -0.25) is 0 Å². The highest BCUT2D eigenvalue weighted by atomic mass is 31.2. The number of benzene rings is 1. The lowest BCUT2D eigenvalue weighted by Gasteiger charge is -2.21.